The molecule has 1 rings (SSSR count). The summed E-state index contributed by atoms with van der Waals surface area (Å²) in [5.41, 5.74) is -13.1. The Kier molecular flexibility index (Phi) is 7.55. The molecule has 38 heavy (non-hydrogen) atoms. The molecule has 1 aromatic rings. The second-order valence-electron chi connectivity index (χ2n) is 7.00. The van der Waals surface area contributed by atoms with Crippen LogP contribution in [-0.2, 0) is 11.8 Å². The molecule has 0 bridgehead atoms. The molecule has 0 saturated heterocycles. The van der Waals surface area contributed by atoms with Crippen molar-refractivity contribution in [1.29, 1.82) is 0 Å². The molecule has 1 aromatic carbocycles. The van der Waals surface area contributed by atoms with Gasteiger partial charge in [0, 0.05) is 11.1 Å². The number of carbonyl (C=O) groups is 2. The SMILES string of the molecule is O=C(O)c1cc(C(F)(F)C(F)(F)C(F)(F)C(F)(F)F)c(C(=O)O)cc1C(F)(F)C(F)(F)C(F)(F)C(F)(F)F. The highest BCUT2D eigenvalue weighted by atomic mass is 19.4. The first-order valence-electron chi connectivity index (χ1n) is 8.41. The van der Waals surface area contributed by atoms with Gasteiger partial charge in [-0.05, 0) is 12.1 Å². The molecular formula is C16H4F18O4. The van der Waals surface area contributed by atoms with Crippen molar-refractivity contribution in [1.82, 2.24) is 0 Å². The Morgan fingerprint density at radius 2 is 0.658 bits per heavy atom. The summed E-state index contributed by atoms with van der Waals surface area (Å²) in [5, 5.41) is 17.5. The summed E-state index contributed by atoms with van der Waals surface area (Å²) in [4.78, 5) is 22.2. The molecule has 0 aromatic heterocycles. The van der Waals surface area contributed by atoms with E-state index in [-0.39, 0.29) is 0 Å². The minimum Gasteiger partial charge on any atom is -0.478 e. The van der Waals surface area contributed by atoms with Gasteiger partial charge in [-0.25, -0.2) is 9.59 Å². The number of benzene rings is 1. The predicted octanol–water partition coefficient (Wildman–Crippen LogP) is 6.93. The van der Waals surface area contributed by atoms with Gasteiger partial charge in [-0.1, -0.05) is 0 Å². The molecule has 0 aliphatic heterocycles. The summed E-state index contributed by atoms with van der Waals surface area (Å²) >= 11 is 0. The summed E-state index contributed by atoms with van der Waals surface area (Å²) in [6.07, 6.45) is -15.1. The van der Waals surface area contributed by atoms with Crippen LogP contribution in [0.3, 0.4) is 0 Å². The summed E-state index contributed by atoms with van der Waals surface area (Å²) in [7, 11) is 0. The van der Waals surface area contributed by atoms with E-state index in [0.29, 0.717) is 0 Å². The fourth-order valence-corrected chi connectivity index (χ4v) is 2.56. The van der Waals surface area contributed by atoms with Crippen molar-refractivity contribution in [2.24, 2.45) is 0 Å². The summed E-state index contributed by atoms with van der Waals surface area (Å²) in [6, 6.07) is -3.20. The molecular weight excluding hydrogens is 598 g/mol. The molecule has 2 N–H and O–H groups in total. The third-order valence-electron chi connectivity index (χ3n) is 4.58. The van der Waals surface area contributed by atoms with Gasteiger partial charge in [0.15, 0.2) is 0 Å². The van der Waals surface area contributed by atoms with Crippen LogP contribution in [0, 0.1) is 0 Å². The van der Waals surface area contributed by atoms with Gasteiger partial charge in [-0.2, -0.15) is 79.0 Å². The Morgan fingerprint density at radius 3 is 0.816 bits per heavy atom. The van der Waals surface area contributed by atoms with Gasteiger partial charge >= 0.3 is 59.8 Å². The van der Waals surface area contributed by atoms with E-state index in [9.17, 15) is 88.6 Å². The first-order chi connectivity index (χ1) is 16.4. The number of rotatable bonds is 8. The van der Waals surface area contributed by atoms with Gasteiger partial charge in [-0.3, -0.25) is 0 Å². The monoisotopic (exact) mass is 602 g/mol. The molecule has 0 radical (unpaired) electrons. The Labute approximate surface area is 194 Å². The molecule has 0 aliphatic carbocycles. The highest BCUT2D eigenvalue weighted by molar-refractivity contribution is 5.95. The van der Waals surface area contributed by atoms with E-state index < -0.39 is 94.2 Å². The number of halogens is 18. The van der Waals surface area contributed by atoms with E-state index in [4.69, 9.17) is 10.2 Å². The van der Waals surface area contributed by atoms with Crippen molar-refractivity contribution in [3.8, 4) is 0 Å². The standard InChI is InChI=1S/C16H4F18O4/c17-9(18,11(21,22)13(25,26)15(29,30)31)5-1-3(7(35)36)6(2-4(5)8(37)38)10(19,20)12(23,24)14(27,28)16(32,33)34/h1-2H,(H,35,36)(H,37,38). The normalized spacial score (nSPS) is 15.0. The Morgan fingerprint density at radius 1 is 0.447 bits per heavy atom. The average molecular weight is 602 g/mol. The molecule has 0 heterocycles. The van der Waals surface area contributed by atoms with Crippen LogP contribution in [0.25, 0.3) is 0 Å². The van der Waals surface area contributed by atoms with Gasteiger partial charge in [0.2, 0.25) is 0 Å². The lowest BCUT2D eigenvalue weighted by atomic mass is 9.85. The molecule has 4 nitrogen and oxygen atoms in total. The Hall–Kier alpha value is -3.10. The van der Waals surface area contributed by atoms with E-state index >= 15 is 0 Å². The number of carboxylic acids is 2. The largest absolute Gasteiger partial charge is 0.478 e. The van der Waals surface area contributed by atoms with Crippen LogP contribution < -0.4 is 0 Å². The Bertz CT molecular complexity index is 1030. The third-order valence-corrected chi connectivity index (χ3v) is 4.58. The van der Waals surface area contributed by atoms with Gasteiger partial charge in [-0.15, -0.1) is 0 Å². The predicted molar refractivity (Wildman–Crippen MR) is 80.0 cm³/mol. The van der Waals surface area contributed by atoms with Crippen molar-refractivity contribution in [2.75, 3.05) is 0 Å². The number of aromatic carboxylic acids is 2. The zero-order chi connectivity index (χ0) is 30.9. The summed E-state index contributed by atoms with van der Waals surface area (Å²) in [6.45, 7) is 0. The lowest BCUT2D eigenvalue weighted by Gasteiger charge is -2.36. The van der Waals surface area contributed by atoms with Gasteiger partial charge in [0.25, 0.3) is 0 Å². The summed E-state index contributed by atoms with van der Waals surface area (Å²) < 4.78 is 238. The number of hydrogen-bond donors (Lipinski definition) is 2. The number of alkyl halides is 18. The molecule has 0 aliphatic rings. The van der Waals surface area contributed by atoms with Crippen LogP contribution >= 0.6 is 0 Å². The number of hydrogen-bond acceptors (Lipinski definition) is 2. The second-order valence-corrected chi connectivity index (χ2v) is 7.00. The molecule has 0 fully saturated rings. The van der Waals surface area contributed by atoms with E-state index in [1.165, 1.54) is 0 Å². The molecule has 0 amide bonds. The first kappa shape index (κ1) is 32.9. The first-order valence-corrected chi connectivity index (χ1v) is 8.41. The highest BCUT2D eigenvalue weighted by Gasteiger charge is 2.84. The number of carboxylic acid groups (broad SMARTS) is 2. The zero-order valence-corrected chi connectivity index (χ0v) is 16.7. The van der Waals surface area contributed by atoms with Crippen molar-refractivity contribution in [3.05, 3.63) is 34.4 Å². The maximum atomic E-state index is 14.2. The molecule has 22 heteroatoms. The zero-order valence-electron chi connectivity index (χ0n) is 16.7. The van der Waals surface area contributed by atoms with Gasteiger partial charge in [0.1, 0.15) is 0 Å². The van der Waals surface area contributed by atoms with Crippen molar-refractivity contribution in [3.63, 3.8) is 0 Å². The van der Waals surface area contributed by atoms with Crippen LogP contribution in [-0.4, -0.2) is 58.2 Å². The fourth-order valence-electron chi connectivity index (χ4n) is 2.56. The van der Waals surface area contributed by atoms with E-state index in [2.05, 4.69) is 0 Å². The van der Waals surface area contributed by atoms with Crippen molar-refractivity contribution in [2.45, 2.75) is 47.9 Å². The molecule has 0 unspecified atom stereocenters. The van der Waals surface area contributed by atoms with Gasteiger partial charge in [0.05, 0.1) is 11.1 Å². The fraction of sp³-hybridized carbons (Fsp3) is 0.500. The Balaban J connectivity index is 4.22. The highest BCUT2D eigenvalue weighted by Crippen LogP contribution is 2.59. The minimum absolute atomic E-state index is 1.60. The quantitative estimate of drug-likeness (QED) is 0.317. The summed E-state index contributed by atoms with van der Waals surface area (Å²) in [5.74, 6) is -52.3. The minimum atomic E-state index is -7.78. The molecule has 0 saturated carbocycles. The third kappa shape index (κ3) is 4.43. The lowest BCUT2D eigenvalue weighted by Crippen LogP contribution is -2.60. The van der Waals surface area contributed by atoms with E-state index in [1.54, 1.807) is 0 Å². The van der Waals surface area contributed by atoms with Crippen LogP contribution in [0.15, 0.2) is 12.1 Å². The smallest absolute Gasteiger partial charge is 0.460 e. The van der Waals surface area contributed by atoms with E-state index in [0.717, 1.165) is 0 Å². The molecule has 0 spiro atoms. The van der Waals surface area contributed by atoms with Crippen LogP contribution in [0.5, 0.6) is 0 Å². The maximum Gasteiger partial charge on any atom is 0.460 e. The van der Waals surface area contributed by atoms with Crippen molar-refractivity contribution < 1.29 is 98.8 Å². The van der Waals surface area contributed by atoms with Crippen LogP contribution in [0.4, 0.5) is 79.0 Å². The lowest BCUT2D eigenvalue weighted by molar-refractivity contribution is -0.400. The van der Waals surface area contributed by atoms with Crippen LogP contribution in [0.1, 0.15) is 31.8 Å². The topological polar surface area (TPSA) is 74.6 Å². The maximum absolute atomic E-state index is 14.2. The van der Waals surface area contributed by atoms with Crippen LogP contribution in [0.2, 0.25) is 0 Å². The molecule has 0 atom stereocenters. The van der Waals surface area contributed by atoms with Crippen molar-refractivity contribution >= 4 is 11.9 Å². The average Bonchev–Trinajstić information content (AvgIpc) is 2.70. The van der Waals surface area contributed by atoms with Gasteiger partial charge < -0.3 is 10.2 Å². The molecule has 218 valence electrons. The second kappa shape index (κ2) is 8.71. The van der Waals surface area contributed by atoms with E-state index in [1.807, 2.05) is 0 Å².